The zero-order valence-corrected chi connectivity index (χ0v) is 89.6. The Morgan fingerprint density at radius 1 is 0.338 bits per heavy atom. The van der Waals surface area contributed by atoms with E-state index in [1.807, 2.05) is 5.38 Å². The number of carbonyl (C=O) groups excluding carboxylic acids is 8. The van der Waals surface area contributed by atoms with Crippen LogP contribution in [0.15, 0.2) is 111 Å². The van der Waals surface area contributed by atoms with Crippen LogP contribution >= 0.6 is 104 Å². The molecule has 4 fully saturated rings. The highest BCUT2D eigenvalue weighted by Crippen LogP contribution is 2.54. The lowest BCUT2D eigenvalue weighted by Gasteiger charge is -2.37. The molecule has 5 aromatic heterocycles. The van der Waals surface area contributed by atoms with Gasteiger partial charge in [-0.1, -0.05) is 158 Å². The normalized spacial score (nSPS) is 19.1. The zero-order chi connectivity index (χ0) is 106. The SMILES string of the molecule is C=CC(=O)NC1CCCC1Nc1ncc2c(n1)N(C)C(=O)N(c1c(Cl)c(OC)cc(OC)c1Cl)C2.C=CC(=O)NC1CCCCC1Nc1ncc2c(n1)N(C)C(=O)N(c1c(Cl)c(OC)cc(OC)c1Cl)C2.C=CC(=O)N[C@H]1CCCC[C@H]1Nc1ncc2c(n1)N(C)C(=O)N(c1c(Cl)c(OC)cc(OC)c1Cl)C2.C=CC(=O)N[C@H]1CCCC[C@H]1Nc1ncc2c(n1)N(Cc1cscn1)C(=O)N(c1c(Cl)c(OC)cc(OC)c1Cl)C2. The molecule has 0 spiro atoms. The first-order chi connectivity index (χ1) is 71.2. The molecule has 9 heterocycles. The molecule has 8 aliphatic rings. The summed E-state index contributed by atoms with van der Waals surface area (Å²) in [6.07, 6.45) is 25.6. The van der Waals surface area contributed by atoms with Crippen LogP contribution in [-0.4, -0.2) is 219 Å². The number of nitrogens with zero attached hydrogens (tertiary/aromatic N) is 17. The molecule has 17 rings (SSSR count). The molecule has 8 atom stereocenters. The van der Waals surface area contributed by atoms with E-state index in [9.17, 15) is 38.4 Å². The van der Waals surface area contributed by atoms with Gasteiger partial charge in [0.05, 0.1) is 124 Å². The number of urea groups is 4. The fraction of sp³-hybridized carbons (Fsp3) is 0.398. The highest BCUT2D eigenvalue weighted by Gasteiger charge is 2.44. The number of hydrogen-bond acceptors (Lipinski definition) is 30. The maximum Gasteiger partial charge on any atom is 0.330 e. The minimum atomic E-state index is -0.400. The Morgan fingerprint density at radius 3 is 0.797 bits per heavy atom. The third-order valence-corrected chi connectivity index (χ3v) is 29.7. The molecule has 12 amide bonds. The second-order valence-corrected chi connectivity index (χ2v) is 38.7. The number of aromatic nitrogens is 9. The number of methoxy groups -OCH3 is 8. The third-order valence-electron chi connectivity index (χ3n) is 26.1. The number of fused-ring (bicyclic) bond motifs is 4. The molecule has 9 aromatic rings. The van der Waals surface area contributed by atoms with Crippen LogP contribution in [0.2, 0.25) is 40.2 Å². The van der Waals surface area contributed by atoms with Gasteiger partial charge in [0.1, 0.15) is 109 Å². The Morgan fingerprint density at radius 2 is 0.561 bits per heavy atom. The minimum absolute atomic E-state index is 0.0279. The first-order valence-electron chi connectivity index (χ1n) is 46.9. The number of nitrogens with one attached hydrogen (secondary N) is 8. The standard InChI is InChI=1S/C27H29Cl2N7O4S.2C24H28Cl2N6O4.C23H26Cl2N6O4/c1-4-21(37)32-17-7-5-6-8-18(17)33-26-30-10-15-11-35(24-22(28)19(39-2)9-20(40-3)23(24)29)27(38)36(25(15)34-26)12-16-13-41-14-31-16;2*1-5-18(33)28-14-8-6-7-9-15(14)29-23-27-11-13-12-32(24(34)31(2)22(13)30-23)21-19(25)16(35-3)10-17(36-4)20(21)26;1-5-17(32)27-13-7-6-8-14(13)28-22-26-10-12-11-31(23(33)30(2)21(12)29-22)20-18(24)15(34-3)9-16(35-4)19(20)25/h4,9-10,13-14,17-18H,1,5-8,11-12H2,2-3H3,(H,32,37)(H,30,33,34);2*5,10-11,14-15H,1,6-9,12H2,2-4H3,(H,28,33)(H,27,29,30);5,9-10,13-14H,1,6-8,11H2,2-4H3,(H,27,32)(H,26,28,29)/t17-,18+;14-,15+;;/m00../s1. The third kappa shape index (κ3) is 24.1. The van der Waals surface area contributed by atoms with Crippen molar-refractivity contribution >= 4 is 222 Å². The molecule has 0 radical (unpaired) electrons. The topological polar surface area (TPSA) is 449 Å². The lowest BCUT2D eigenvalue weighted by molar-refractivity contribution is -0.118. The van der Waals surface area contributed by atoms with Crippen LogP contribution in [0.25, 0.3) is 0 Å². The summed E-state index contributed by atoms with van der Waals surface area (Å²) in [5.41, 5.74) is 6.29. The summed E-state index contributed by atoms with van der Waals surface area (Å²) in [6, 6.07) is 4.29. The zero-order valence-electron chi connectivity index (χ0n) is 82.7. The summed E-state index contributed by atoms with van der Waals surface area (Å²) >= 11 is 54.1. The molecule has 0 saturated heterocycles. The van der Waals surface area contributed by atoms with Crippen molar-refractivity contribution in [3.05, 3.63) is 179 Å². The Bertz CT molecular complexity index is 6250. The van der Waals surface area contributed by atoms with Gasteiger partial charge in [-0.05, 0) is 82.1 Å². The lowest BCUT2D eigenvalue weighted by Crippen LogP contribution is -2.49. The quantitative estimate of drug-likeness (QED) is 0.0194. The van der Waals surface area contributed by atoms with E-state index in [1.54, 1.807) is 75.7 Å². The van der Waals surface area contributed by atoms with Gasteiger partial charge in [-0.3, -0.25) is 58.4 Å². The first kappa shape index (κ1) is 110. The second kappa shape index (κ2) is 49.7. The molecule has 0 bridgehead atoms. The Hall–Kier alpha value is -13.3. The number of halogens is 8. The molecule has 786 valence electrons. The number of thiazole rings is 1. The predicted molar refractivity (Wildman–Crippen MR) is 574 cm³/mol. The number of amides is 12. The van der Waals surface area contributed by atoms with Crippen LogP contribution in [0.3, 0.4) is 0 Å². The smallest absolute Gasteiger partial charge is 0.330 e. The van der Waals surface area contributed by atoms with E-state index in [0.717, 1.165) is 96.3 Å². The van der Waals surface area contributed by atoms with Crippen molar-refractivity contribution in [3.8, 4) is 46.0 Å². The van der Waals surface area contributed by atoms with Crippen molar-refractivity contribution in [3.63, 3.8) is 0 Å². The number of ether oxygens (including phenoxy) is 8. The van der Waals surface area contributed by atoms with E-state index in [0.29, 0.717) is 121 Å². The van der Waals surface area contributed by atoms with Crippen molar-refractivity contribution in [1.29, 1.82) is 0 Å². The van der Waals surface area contributed by atoms with E-state index in [2.05, 4.69) is 109 Å². The van der Waals surface area contributed by atoms with E-state index >= 15 is 0 Å². The monoisotopic (exact) mass is 2210 g/mol. The van der Waals surface area contributed by atoms with Gasteiger partial charge in [0.15, 0.2) is 0 Å². The maximum atomic E-state index is 14.1. The van der Waals surface area contributed by atoms with Gasteiger partial charge in [0, 0.05) is 146 Å². The number of benzene rings is 4. The highest BCUT2D eigenvalue weighted by atomic mass is 35.5. The number of rotatable bonds is 30. The summed E-state index contributed by atoms with van der Waals surface area (Å²) in [4.78, 5) is 154. The van der Waals surface area contributed by atoms with Gasteiger partial charge >= 0.3 is 24.1 Å². The van der Waals surface area contributed by atoms with Gasteiger partial charge in [0.2, 0.25) is 47.4 Å². The van der Waals surface area contributed by atoms with Crippen molar-refractivity contribution in [2.45, 2.75) is 177 Å². The van der Waals surface area contributed by atoms with E-state index < -0.39 is 6.03 Å². The van der Waals surface area contributed by atoms with E-state index in [-0.39, 0.29) is 186 Å². The average Bonchev–Trinajstić information content (AvgIpc) is 0.893. The van der Waals surface area contributed by atoms with Gasteiger partial charge in [-0.2, -0.15) is 19.9 Å². The van der Waals surface area contributed by atoms with Gasteiger partial charge < -0.3 is 80.4 Å². The van der Waals surface area contributed by atoms with Crippen LogP contribution in [-0.2, 0) is 51.9 Å². The van der Waals surface area contributed by atoms with Crippen LogP contribution in [0.1, 0.15) is 124 Å². The number of carbonyl (C=O) groups is 8. The van der Waals surface area contributed by atoms with Crippen molar-refractivity contribution in [2.75, 3.05) is 138 Å². The van der Waals surface area contributed by atoms with Crippen molar-refractivity contribution in [1.82, 2.24) is 66.1 Å². The largest absolute Gasteiger partial charge is 0.495 e. The molecular formula is C98H111Cl8N25O16S. The maximum absolute atomic E-state index is 14.1. The molecule has 8 N–H and O–H groups in total. The molecule has 4 aliphatic carbocycles. The Kier molecular flexibility index (Phi) is 37.0. The van der Waals surface area contributed by atoms with Crippen LogP contribution in [0.4, 0.5) is 89.0 Å². The summed E-state index contributed by atoms with van der Waals surface area (Å²) in [7, 11) is 16.6. The van der Waals surface area contributed by atoms with Gasteiger partial charge in [-0.25, -0.2) is 44.1 Å². The minimum Gasteiger partial charge on any atom is -0.495 e. The summed E-state index contributed by atoms with van der Waals surface area (Å²) in [5, 5.41) is 28.6. The molecule has 41 nitrogen and oxygen atoms in total. The van der Waals surface area contributed by atoms with Crippen LogP contribution in [0, 0.1) is 0 Å². The Balaban J connectivity index is 0.000000156. The fourth-order valence-electron chi connectivity index (χ4n) is 18.5. The summed E-state index contributed by atoms with van der Waals surface area (Å²) < 4.78 is 42.9. The van der Waals surface area contributed by atoms with E-state index in [1.165, 1.54) is 132 Å². The molecule has 4 saturated carbocycles. The summed E-state index contributed by atoms with van der Waals surface area (Å²) in [6.45, 7) is 14.8. The molecule has 4 aliphatic heterocycles. The van der Waals surface area contributed by atoms with Crippen molar-refractivity contribution in [2.24, 2.45) is 0 Å². The molecule has 4 aromatic carbocycles. The van der Waals surface area contributed by atoms with Crippen LogP contribution < -0.4 is 120 Å². The number of hydrogen-bond donors (Lipinski definition) is 8. The van der Waals surface area contributed by atoms with Gasteiger partial charge in [0.25, 0.3) is 0 Å². The first-order valence-corrected chi connectivity index (χ1v) is 50.9. The van der Waals surface area contributed by atoms with Crippen LogP contribution in [0.5, 0.6) is 46.0 Å². The lowest BCUT2D eigenvalue weighted by atomic mass is 9.90. The van der Waals surface area contributed by atoms with Crippen molar-refractivity contribution < 1.29 is 76.3 Å². The van der Waals surface area contributed by atoms with E-state index in [4.69, 9.17) is 136 Å². The molecular weight excluding hydrogens is 2100 g/mol. The number of anilines is 12. The Labute approximate surface area is 898 Å². The summed E-state index contributed by atoms with van der Waals surface area (Å²) in [5.74, 6) is 5.09. The highest BCUT2D eigenvalue weighted by molar-refractivity contribution is 7.07. The molecule has 148 heavy (non-hydrogen) atoms. The predicted octanol–water partition coefficient (Wildman–Crippen LogP) is 18.2. The average molecular weight is 2210 g/mol. The second-order valence-electron chi connectivity index (χ2n) is 35.0. The van der Waals surface area contributed by atoms with Gasteiger partial charge in [-0.15, -0.1) is 11.3 Å². The molecule has 4 unspecified atom stereocenters. The fourth-order valence-corrected chi connectivity index (χ4v) is 21.9. The molecule has 50 heteroatoms.